The molecular weight excluding hydrogens is 252 g/mol. The molecule has 0 saturated carbocycles. The number of hydrogen-bond donors (Lipinski definition) is 2. The average molecular weight is 270 g/mol. The van der Waals surface area contributed by atoms with Gasteiger partial charge in [0.1, 0.15) is 0 Å². The first-order chi connectivity index (χ1) is 9.70. The molecule has 0 spiro atoms. The maximum Gasteiger partial charge on any atom is 0.170 e. The fraction of sp³-hybridized carbons (Fsp3) is 0.200. The Morgan fingerprint density at radius 3 is 2.90 bits per heavy atom. The van der Waals surface area contributed by atoms with E-state index in [0.29, 0.717) is 5.56 Å². The van der Waals surface area contributed by atoms with Gasteiger partial charge in [-0.3, -0.25) is 4.98 Å². The zero-order valence-electron chi connectivity index (χ0n) is 11.4. The van der Waals surface area contributed by atoms with Gasteiger partial charge in [-0.2, -0.15) is 0 Å². The molecule has 0 saturated heterocycles. The summed E-state index contributed by atoms with van der Waals surface area (Å²) in [4.78, 5) is 6.23. The minimum Gasteiger partial charge on any atom is -0.409 e. The molecule has 2 rings (SSSR count). The highest BCUT2D eigenvalue weighted by molar-refractivity contribution is 5.97. The Bertz CT molecular complexity index is 583. The fourth-order valence-electron chi connectivity index (χ4n) is 1.93. The largest absolute Gasteiger partial charge is 0.409 e. The Balaban J connectivity index is 2.04. The van der Waals surface area contributed by atoms with Gasteiger partial charge in [0.2, 0.25) is 0 Å². The number of rotatable bonds is 5. The minimum absolute atomic E-state index is 0.118. The van der Waals surface area contributed by atoms with Crippen LogP contribution in [0.1, 0.15) is 11.1 Å². The lowest BCUT2D eigenvalue weighted by molar-refractivity contribution is 0.318. The number of pyridine rings is 1. The normalized spacial score (nSPS) is 11.3. The molecule has 1 aromatic heterocycles. The molecule has 0 amide bonds. The lowest BCUT2D eigenvalue weighted by Crippen LogP contribution is -2.21. The molecule has 104 valence electrons. The molecule has 0 unspecified atom stereocenters. The molecular formula is C15H18N4O. The first-order valence-electron chi connectivity index (χ1n) is 6.38. The molecule has 1 heterocycles. The number of amidine groups is 1. The first kappa shape index (κ1) is 13.9. The zero-order chi connectivity index (χ0) is 14.4. The second-order valence-electron chi connectivity index (χ2n) is 4.57. The van der Waals surface area contributed by atoms with Crippen LogP contribution in [-0.4, -0.2) is 29.6 Å². The Morgan fingerprint density at radius 1 is 1.35 bits per heavy atom. The molecule has 0 radical (unpaired) electrons. The van der Waals surface area contributed by atoms with Crippen molar-refractivity contribution in [1.82, 2.24) is 4.98 Å². The van der Waals surface area contributed by atoms with E-state index < -0.39 is 0 Å². The van der Waals surface area contributed by atoms with Crippen LogP contribution in [0.15, 0.2) is 53.9 Å². The molecule has 0 fully saturated rings. The number of hydrogen-bond acceptors (Lipinski definition) is 4. The molecule has 2 aromatic rings. The number of anilines is 1. The van der Waals surface area contributed by atoms with Crippen molar-refractivity contribution >= 4 is 11.5 Å². The zero-order valence-corrected chi connectivity index (χ0v) is 11.4. The van der Waals surface area contributed by atoms with Crippen molar-refractivity contribution in [1.29, 1.82) is 0 Å². The summed E-state index contributed by atoms with van der Waals surface area (Å²) in [7, 11) is 2.02. The minimum atomic E-state index is 0.118. The van der Waals surface area contributed by atoms with Crippen LogP contribution in [0.5, 0.6) is 0 Å². The van der Waals surface area contributed by atoms with E-state index in [0.717, 1.165) is 18.7 Å². The van der Waals surface area contributed by atoms with E-state index in [9.17, 15) is 0 Å². The Labute approximate surface area is 118 Å². The van der Waals surface area contributed by atoms with Crippen molar-refractivity contribution in [3.05, 3.63) is 59.9 Å². The maximum atomic E-state index is 8.71. The highest BCUT2D eigenvalue weighted by atomic mass is 16.4. The molecule has 5 heteroatoms. The molecule has 0 aliphatic heterocycles. The Hall–Kier alpha value is -2.56. The van der Waals surface area contributed by atoms with Gasteiger partial charge in [0, 0.05) is 37.2 Å². The van der Waals surface area contributed by atoms with E-state index in [2.05, 4.69) is 21.1 Å². The third-order valence-corrected chi connectivity index (χ3v) is 3.15. The monoisotopic (exact) mass is 270 g/mol. The molecule has 20 heavy (non-hydrogen) atoms. The summed E-state index contributed by atoms with van der Waals surface area (Å²) in [5, 5.41) is 11.7. The molecule has 0 aliphatic rings. The van der Waals surface area contributed by atoms with E-state index in [4.69, 9.17) is 10.9 Å². The smallest absolute Gasteiger partial charge is 0.170 e. The van der Waals surface area contributed by atoms with Crippen LogP contribution < -0.4 is 10.6 Å². The third kappa shape index (κ3) is 3.47. The summed E-state index contributed by atoms with van der Waals surface area (Å²) < 4.78 is 0. The summed E-state index contributed by atoms with van der Waals surface area (Å²) in [5.41, 5.74) is 8.54. The second kappa shape index (κ2) is 6.56. The fourth-order valence-corrected chi connectivity index (χ4v) is 1.93. The molecule has 0 atom stereocenters. The Morgan fingerprint density at radius 2 is 2.20 bits per heavy atom. The van der Waals surface area contributed by atoms with E-state index in [-0.39, 0.29) is 5.84 Å². The standard InChI is InChI=1S/C15H18N4O/c1-19(9-7-12-4-3-8-17-11-12)14-6-2-5-13(10-14)15(16)18-20/h2-6,8,10-11,20H,7,9H2,1H3,(H2,16,18). The van der Waals surface area contributed by atoms with Crippen molar-refractivity contribution in [2.45, 2.75) is 6.42 Å². The van der Waals surface area contributed by atoms with E-state index in [1.165, 1.54) is 5.56 Å². The highest BCUT2D eigenvalue weighted by Gasteiger charge is 2.05. The molecule has 3 N–H and O–H groups in total. The van der Waals surface area contributed by atoms with Gasteiger partial charge in [0.25, 0.3) is 0 Å². The van der Waals surface area contributed by atoms with Crippen molar-refractivity contribution in [2.24, 2.45) is 10.9 Å². The number of oxime groups is 1. The lowest BCUT2D eigenvalue weighted by atomic mass is 10.1. The van der Waals surface area contributed by atoms with Gasteiger partial charge in [-0.15, -0.1) is 0 Å². The predicted octanol–water partition coefficient (Wildman–Crippen LogP) is 1.85. The lowest BCUT2D eigenvalue weighted by Gasteiger charge is -2.19. The van der Waals surface area contributed by atoms with Gasteiger partial charge in [-0.25, -0.2) is 0 Å². The van der Waals surface area contributed by atoms with Gasteiger partial charge in [0.15, 0.2) is 5.84 Å². The second-order valence-corrected chi connectivity index (χ2v) is 4.57. The number of aromatic nitrogens is 1. The van der Waals surface area contributed by atoms with Crippen molar-refractivity contribution in [2.75, 3.05) is 18.5 Å². The number of benzene rings is 1. The van der Waals surface area contributed by atoms with E-state index in [1.807, 2.05) is 43.6 Å². The Kier molecular flexibility index (Phi) is 4.55. The summed E-state index contributed by atoms with van der Waals surface area (Å²) in [5.74, 6) is 0.118. The predicted molar refractivity (Wildman–Crippen MR) is 80.2 cm³/mol. The average Bonchev–Trinajstić information content (AvgIpc) is 2.53. The van der Waals surface area contributed by atoms with Crippen LogP contribution in [0.3, 0.4) is 0 Å². The summed E-state index contributed by atoms with van der Waals surface area (Å²) >= 11 is 0. The molecule has 1 aromatic carbocycles. The van der Waals surface area contributed by atoms with Gasteiger partial charge in [-0.05, 0) is 30.2 Å². The van der Waals surface area contributed by atoms with E-state index >= 15 is 0 Å². The quantitative estimate of drug-likeness (QED) is 0.376. The SMILES string of the molecule is CN(CCc1cccnc1)c1cccc(C(N)=NO)c1. The summed E-state index contributed by atoms with van der Waals surface area (Å²) in [6.07, 6.45) is 4.56. The van der Waals surface area contributed by atoms with Crippen molar-refractivity contribution < 1.29 is 5.21 Å². The van der Waals surface area contributed by atoms with Gasteiger partial charge >= 0.3 is 0 Å². The molecule has 0 aliphatic carbocycles. The van der Waals surface area contributed by atoms with Crippen LogP contribution in [0.4, 0.5) is 5.69 Å². The summed E-state index contributed by atoms with van der Waals surface area (Å²) in [6, 6.07) is 11.6. The van der Waals surface area contributed by atoms with Gasteiger partial charge < -0.3 is 15.8 Å². The van der Waals surface area contributed by atoms with Crippen molar-refractivity contribution in [3.8, 4) is 0 Å². The van der Waals surface area contributed by atoms with Crippen LogP contribution >= 0.6 is 0 Å². The number of likely N-dealkylation sites (N-methyl/N-ethyl adjacent to an activating group) is 1. The topological polar surface area (TPSA) is 74.7 Å². The highest BCUT2D eigenvalue weighted by Crippen LogP contribution is 2.15. The maximum absolute atomic E-state index is 8.71. The third-order valence-electron chi connectivity index (χ3n) is 3.15. The van der Waals surface area contributed by atoms with Crippen LogP contribution in [0, 0.1) is 0 Å². The first-order valence-corrected chi connectivity index (χ1v) is 6.38. The summed E-state index contributed by atoms with van der Waals surface area (Å²) in [6.45, 7) is 0.866. The van der Waals surface area contributed by atoms with Crippen molar-refractivity contribution in [3.63, 3.8) is 0 Å². The molecule has 5 nitrogen and oxygen atoms in total. The number of nitrogens with zero attached hydrogens (tertiary/aromatic N) is 3. The van der Waals surface area contributed by atoms with Crippen LogP contribution in [0.2, 0.25) is 0 Å². The van der Waals surface area contributed by atoms with Crippen LogP contribution in [0.25, 0.3) is 0 Å². The molecule has 0 bridgehead atoms. The number of nitrogens with two attached hydrogens (primary N) is 1. The van der Waals surface area contributed by atoms with Gasteiger partial charge in [-0.1, -0.05) is 23.4 Å². The van der Waals surface area contributed by atoms with E-state index in [1.54, 1.807) is 6.20 Å². The van der Waals surface area contributed by atoms with Gasteiger partial charge in [0.05, 0.1) is 0 Å². The van der Waals surface area contributed by atoms with Crippen LogP contribution in [-0.2, 0) is 6.42 Å².